The molecule has 94 valence electrons. The van der Waals surface area contributed by atoms with Crippen LogP contribution in [0.3, 0.4) is 0 Å². The summed E-state index contributed by atoms with van der Waals surface area (Å²) in [5.74, 6) is 0.184. The molecule has 0 unspecified atom stereocenters. The third-order valence-electron chi connectivity index (χ3n) is 3.09. The first kappa shape index (κ1) is 13.5. The van der Waals surface area contributed by atoms with Crippen molar-refractivity contribution in [3.8, 4) is 0 Å². The first-order valence-electron chi connectivity index (χ1n) is 6.42. The minimum atomic E-state index is 0.184. The Morgan fingerprint density at radius 1 is 1.38 bits per heavy atom. The Morgan fingerprint density at radius 2 is 2.06 bits per heavy atom. The van der Waals surface area contributed by atoms with Crippen molar-refractivity contribution >= 4 is 5.91 Å². The molecule has 1 amide bonds. The fourth-order valence-corrected chi connectivity index (χ4v) is 2.16. The van der Waals surface area contributed by atoms with Crippen molar-refractivity contribution in [3.63, 3.8) is 0 Å². The summed E-state index contributed by atoms with van der Waals surface area (Å²) in [7, 11) is 1.87. The maximum Gasteiger partial charge on any atom is 0.221 e. The lowest BCUT2D eigenvalue weighted by atomic mass is 10.0. The van der Waals surface area contributed by atoms with Crippen LogP contribution in [0.25, 0.3) is 0 Å². The first-order chi connectivity index (χ1) is 7.76. The fourth-order valence-electron chi connectivity index (χ4n) is 2.16. The van der Waals surface area contributed by atoms with Gasteiger partial charge in [0.25, 0.3) is 0 Å². The number of likely N-dealkylation sites (tertiary alicyclic amines) is 1. The molecule has 1 aliphatic rings. The zero-order chi connectivity index (χ0) is 11.8. The number of piperidine rings is 1. The molecule has 1 saturated heterocycles. The van der Waals surface area contributed by atoms with Gasteiger partial charge in [0, 0.05) is 32.1 Å². The second-order valence-electron chi connectivity index (χ2n) is 4.54. The van der Waals surface area contributed by atoms with Crippen LogP contribution in [-0.4, -0.2) is 50.1 Å². The summed E-state index contributed by atoms with van der Waals surface area (Å²) in [5, 5.41) is 6.10. The van der Waals surface area contributed by atoms with Gasteiger partial charge in [0.1, 0.15) is 0 Å². The van der Waals surface area contributed by atoms with E-state index in [1.165, 1.54) is 13.0 Å². The third kappa shape index (κ3) is 4.94. The molecule has 0 saturated carbocycles. The fraction of sp³-hybridized carbons (Fsp3) is 0.917. The average Bonchev–Trinajstić information content (AvgIpc) is 2.29. The van der Waals surface area contributed by atoms with Gasteiger partial charge in [-0.05, 0) is 32.9 Å². The standard InChI is InChI=1S/C12H25N3O/c1-3-8-15-9-5-11(6-10-15)14-12(16)4-7-13-2/h11,13H,3-10H2,1-2H3,(H,14,16). The van der Waals surface area contributed by atoms with Gasteiger partial charge < -0.3 is 15.5 Å². The van der Waals surface area contributed by atoms with Gasteiger partial charge in [-0.2, -0.15) is 0 Å². The Balaban J connectivity index is 2.14. The molecule has 2 N–H and O–H groups in total. The number of rotatable bonds is 6. The number of hydrogen-bond donors (Lipinski definition) is 2. The second-order valence-corrected chi connectivity index (χ2v) is 4.54. The van der Waals surface area contributed by atoms with Crippen LogP contribution in [0.1, 0.15) is 32.6 Å². The van der Waals surface area contributed by atoms with Gasteiger partial charge in [-0.1, -0.05) is 6.92 Å². The molecular weight excluding hydrogens is 202 g/mol. The van der Waals surface area contributed by atoms with Gasteiger partial charge >= 0.3 is 0 Å². The highest BCUT2D eigenvalue weighted by Gasteiger charge is 2.19. The Hall–Kier alpha value is -0.610. The summed E-state index contributed by atoms with van der Waals surface area (Å²) in [6.07, 6.45) is 4.02. The van der Waals surface area contributed by atoms with Gasteiger partial charge in [0.05, 0.1) is 0 Å². The molecule has 0 aromatic heterocycles. The van der Waals surface area contributed by atoms with Crippen molar-refractivity contribution in [2.45, 2.75) is 38.6 Å². The molecule has 0 aromatic carbocycles. The third-order valence-corrected chi connectivity index (χ3v) is 3.09. The Kier molecular flexibility index (Phi) is 6.42. The van der Waals surface area contributed by atoms with E-state index in [-0.39, 0.29) is 5.91 Å². The lowest BCUT2D eigenvalue weighted by molar-refractivity contribution is -0.122. The van der Waals surface area contributed by atoms with Crippen molar-refractivity contribution in [1.29, 1.82) is 0 Å². The van der Waals surface area contributed by atoms with E-state index in [4.69, 9.17) is 0 Å². The molecule has 1 fully saturated rings. The highest BCUT2D eigenvalue weighted by atomic mass is 16.1. The van der Waals surface area contributed by atoms with Crippen molar-refractivity contribution in [2.24, 2.45) is 0 Å². The monoisotopic (exact) mass is 227 g/mol. The number of nitrogens with zero attached hydrogens (tertiary/aromatic N) is 1. The Labute approximate surface area is 98.8 Å². The number of hydrogen-bond acceptors (Lipinski definition) is 3. The predicted molar refractivity (Wildman–Crippen MR) is 66.4 cm³/mol. The predicted octanol–water partition coefficient (Wildman–Crippen LogP) is 0.587. The van der Waals surface area contributed by atoms with E-state index in [9.17, 15) is 4.79 Å². The molecule has 0 aliphatic carbocycles. The van der Waals surface area contributed by atoms with Crippen LogP contribution in [0.4, 0.5) is 0 Å². The van der Waals surface area contributed by atoms with Crippen LogP contribution in [-0.2, 0) is 4.79 Å². The van der Waals surface area contributed by atoms with Crippen LogP contribution in [0.15, 0.2) is 0 Å². The normalized spacial score (nSPS) is 18.6. The number of nitrogens with one attached hydrogen (secondary N) is 2. The van der Waals surface area contributed by atoms with Gasteiger partial charge in [-0.3, -0.25) is 4.79 Å². The van der Waals surface area contributed by atoms with Gasteiger partial charge in [-0.25, -0.2) is 0 Å². The first-order valence-corrected chi connectivity index (χ1v) is 6.42. The molecular formula is C12H25N3O. The average molecular weight is 227 g/mol. The van der Waals surface area contributed by atoms with Crippen LogP contribution < -0.4 is 10.6 Å². The van der Waals surface area contributed by atoms with Crippen molar-refractivity contribution in [2.75, 3.05) is 33.2 Å². The molecule has 0 atom stereocenters. The maximum absolute atomic E-state index is 11.5. The topological polar surface area (TPSA) is 44.4 Å². The van der Waals surface area contributed by atoms with E-state index in [1.54, 1.807) is 0 Å². The number of amides is 1. The maximum atomic E-state index is 11.5. The summed E-state index contributed by atoms with van der Waals surface area (Å²) in [6.45, 7) is 6.43. The van der Waals surface area contributed by atoms with E-state index >= 15 is 0 Å². The highest BCUT2D eigenvalue weighted by Crippen LogP contribution is 2.10. The molecule has 16 heavy (non-hydrogen) atoms. The molecule has 0 aromatic rings. The zero-order valence-corrected chi connectivity index (χ0v) is 10.6. The van der Waals surface area contributed by atoms with Gasteiger partial charge in [0.15, 0.2) is 0 Å². The molecule has 1 heterocycles. The van der Waals surface area contributed by atoms with E-state index in [2.05, 4.69) is 22.5 Å². The Bertz CT molecular complexity index is 200. The molecule has 0 radical (unpaired) electrons. The van der Waals surface area contributed by atoms with Crippen LogP contribution in [0.5, 0.6) is 0 Å². The summed E-state index contributed by atoms with van der Waals surface area (Å²) in [4.78, 5) is 14.0. The van der Waals surface area contributed by atoms with Crippen molar-refractivity contribution in [3.05, 3.63) is 0 Å². The summed E-state index contributed by atoms with van der Waals surface area (Å²) < 4.78 is 0. The van der Waals surface area contributed by atoms with Crippen LogP contribution in [0, 0.1) is 0 Å². The SMILES string of the molecule is CCCN1CCC(NC(=O)CCNC)CC1. The summed E-state index contributed by atoms with van der Waals surface area (Å²) in [6, 6.07) is 0.400. The molecule has 0 bridgehead atoms. The van der Waals surface area contributed by atoms with E-state index in [0.717, 1.165) is 32.5 Å². The molecule has 1 aliphatic heterocycles. The zero-order valence-electron chi connectivity index (χ0n) is 10.6. The number of carbonyl (C=O) groups is 1. The van der Waals surface area contributed by atoms with Crippen LogP contribution >= 0.6 is 0 Å². The largest absolute Gasteiger partial charge is 0.353 e. The van der Waals surface area contributed by atoms with Crippen molar-refractivity contribution in [1.82, 2.24) is 15.5 Å². The van der Waals surface area contributed by atoms with E-state index in [1.807, 2.05) is 7.05 Å². The van der Waals surface area contributed by atoms with Crippen molar-refractivity contribution < 1.29 is 4.79 Å². The summed E-state index contributed by atoms with van der Waals surface area (Å²) in [5.41, 5.74) is 0. The molecule has 1 rings (SSSR count). The lowest BCUT2D eigenvalue weighted by Crippen LogP contribution is -2.45. The Morgan fingerprint density at radius 3 is 2.62 bits per heavy atom. The van der Waals surface area contributed by atoms with E-state index < -0.39 is 0 Å². The smallest absolute Gasteiger partial charge is 0.221 e. The number of carbonyl (C=O) groups excluding carboxylic acids is 1. The minimum Gasteiger partial charge on any atom is -0.353 e. The highest BCUT2D eigenvalue weighted by molar-refractivity contribution is 5.76. The molecule has 0 spiro atoms. The van der Waals surface area contributed by atoms with E-state index in [0.29, 0.717) is 12.5 Å². The lowest BCUT2D eigenvalue weighted by Gasteiger charge is -2.32. The summed E-state index contributed by atoms with van der Waals surface area (Å²) >= 11 is 0. The van der Waals surface area contributed by atoms with Crippen LogP contribution in [0.2, 0.25) is 0 Å². The molecule has 4 nitrogen and oxygen atoms in total. The van der Waals surface area contributed by atoms with Gasteiger partial charge in [-0.15, -0.1) is 0 Å². The minimum absolute atomic E-state index is 0.184. The second kappa shape index (κ2) is 7.63. The molecule has 4 heteroatoms. The quantitative estimate of drug-likeness (QED) is 0.698. The van der Waals surface area contributed by atoms with Gasteiger partial charge in [0.2, 0.25) is 5.91 Å².